The first-order valence-electron chi connectivity index (χ1n) is 5.93. The van der Waals surface area contributed by atoms with Gasteiger partial charge >= 0.3 is 0 Å². The van der Waals surface area contributed by atoms with Gasteiger partial charge in [-0.1, -0.05) is 20.3 Å². The Labute approximate surface area is 101 Å². The van der Waals surface area contributed by atoms with Crippen molar-refractivity contribution >= 4 is 27.2 Å². The minimum Gasteiger partial charge on any atom is -0.382 e. The summed E-state index contributed by atoms with van der Waals surface area (Å²) >= 11 is 1.70. The molecule has 0 fully saturated rings. The number of hydrogen-bond donors (Lipinski definition) is 1. The molecule has 3 heteroatoms. The highest BCUT2D eigenvalue weighted by Crippen LogP contribution is 2.23. The number of nitrogens with zero attached hydrogens (tertiary/aromatic N) is 1. The van der Waals surface area contributed by atoms with Crippen molar-refractivity contribution in [3.63, 3.8) is 0 Å². The third-order valence-electron chi connectivity index (χ3n) is 2.83. The highest BCUT2D eigenvalue weighted by Gasteiger charge is 2.05. The lowest BCUT2D eigenvalue weighted by Crippen LogP contribution is -2.17. The highest BCUT2D eigenvalue weighted by molar-refractivity contribution is 7.16. The maximum absolute atomic E-state index is 4.29. The Morgan fingerprint density at radius 1 is 1.38 bits per heavy atom. The molecule has 0 aliphatic carbocycles. The van der Waals surface area contributed by atoms with E-state index >= 15 is 0 Å². The van der Waals surface area contributed by atoms with Gasteiger partial charge in [0.25, 0.3) is 0 Å². The zero-order valence-electron chi connectivity index (χ0n) is 9.86. The molecule has 0 spiro atoms. The number of anilines is 1. The standard InChI is InChI=1S/C13H18N2S/c1-3-5-10(4-2)15-11-6-7-12-13(8-11)16-9-14-12/h6-10,15H,3-5H2,1-2H3. The van der Waals surface area contributed by atoms with Crippen molar-refractivity contribution in [3.05, 3.63) is 23.7 Å². The maximum Gasteiger partial charge on any atom is 0.0813 e. The first-order valence-corrected chi connectivity index (χ1v) is 6.81. The molecule has 2 nitrogen and oxygen atoms in total. The van der Waals surface area contributed by atoms with E-state index < -0.39 is 0 Å². The summed E-state index contributed by atoms with van der Waals surface area (Å²) in [4.78, 5) is 4.29. The van der Waals surface area contributed by atoms with E-state index in [9.17, 15) is 0 Å². The average Bonchev–Trinajstić information content (AvgIpc) is 2.75. The molecule has 0 aliphatic rings. The monoisotopic (exact) mass is 234 g/mol. The fourth-order valence-corrected chi connectivity index (χ4v) is 2.62. The van der Waals surface area contributed by atoms with Crippen molar-refractivity contribution < 1.29 is 0 Å². The molecule has 0 radical (unpaired) electrons. The van der Waals surface area contributed by atoms with Crippen molar-refractivity contribution in [3.8, 4) is 0 Å². The van der Waals surface area contributed by atoms with Crippen LogP contribution in [-0.2, 0) is 0 Å². The molecule has 1 N–H and O–H groups in total. The van der Waals surface area contributed by atoms with Crippen LogP contribution >= 0.6 is 11.3 Å². The van der Waals surface area contributed by atoms with E-state index in [1.165, 1.54) is 29.6 Å². The second kappa shape index (κ2) is 5.30. The van der Waals surface area contributed by atoms with Crippen molar-refractivity contribution in [2.75, 3.05) is 5.32 Å². The van der Waals surface area contributed by atoms with Gasteiger partial charge in [0, 0.05) is 11.7 Å². The maximum atomic E-state index is 4.29. The number of fused-ring (bicyclic) bond motifs is 1. The van der Waals surface area contributed by atoms with Gasteiger partial charge in [0.05, 0.1) is 15.7 Å². The minimum atomic E-state index is 0.593. The molecular formula is C13H18N2S. The van der Waals surface area contributed by atoms with Crippen LogP contribution in [0.1, 0.15) is 33.1 Å². The largest absolute Gasteiger partial charge is 0.382 e. The van der Waals surface area contributed by atoms with Crippen LogP contribution < -0.4 is 5.32 Å². The molecule has 0 saturated heterocycles. The van der Waals surface area contributed by atoms with Crippen molar-refractivity contribution in [1.29, 1.82) is 0 Å². The third kappa shape index (κ3) is 2.53. The van der Waals surface area contributed by atoms with Crippen LogP contribution in [0.15, 0.2) is 23.7 Å². The number of hydrogen-bond acceptors (Lipinski definition) is 3. The first-order chi connectivity index (χ1) is 7.83. The molecular weight excluding hydrogens is 216 g/mol. The van der Waals surface area contributed by atoms with Crippen LogP contribution in [0, 0.1) is 0 Å². The number of aromatic nitrogens is 1. The Hall–Kier alpha value is -1.09. The van der Waals surface area contributed by atoms with E-state index in [1.807, 2.05) is 5.51 Å². The number of nitrogens with one attached hydrogen (secondary N) is 1. The Balaban J connectivity index is 2.13. The fraction of sp³-hybridized carbons (Fsp3) is 0.462. The summed E-state index contributed by atoms with van der Waals surface area (Å²) in [5.74, 6) is 0. The van der Waals surface area contributed by atoms with Gasteiger partial charge in [0.1, 0.15) is 0 Å². The molecule has 1 aromatic carbocycles. The van der Waals surface area contributed by atoms with Crippen LogP contribution in [-0.4, -0.2) is 11.0 Å². The molecule has 1 atom stereocenters. The van der Waals surface area contributed by atoms with Crippen LogP contribution in [0.3, 0.4) is 0 Å². The molecule has 1 aromatic heterocycles. The molecule has 2 rings (SSSR count). The zero-order chi connectivity index (χ0) is 11.4. The molecule has 0 saturated carbocycles. The Kier molecular flexibility index (Phi) is 3.78. The lowest BCUT2D eigenvalue weighted by Gasteiger charge is -2.17. The molecule has 1 heterocycles. The summed E-state index contributed by atoms with van der Waals surface area (Å²) in [6.45, 7) is 4.47. The summed E-state index contributed by atoms with van der Waals surface area (Å²) in [5, 5.41) is 3.59. The highest BCUT2D eigenvalue weighted by atomic mass is 32.1. The Morgan fingerprint density at radius 2 is 2.25 bits per heavy atom. The number of benzene rings is 1. The van der Waals surface area contributed by atoms with Crippen molar-refractivity contribution in [2.24, 2.45) is 0 Å². The SMILES string of the molecule is CCCC(CC)Nc1ccc2ncsc2c1. The number of thiazole rings is 1. The van der Waals surface area contributed by atoms with Gasteiger partial charge in [-0.05, 0) is 31.0 Å². The van der Waals surface area contributed by atoms with Gasteiger partial charge in [-0.15, -0.1) is 11.3 Å². The van der Waals surface area contributed by atoms with Gasteiger partial charge in [0.15, 0.2) is 0 Å². The predicted molar refractivity (Wildman–Crippen MR) is 72.2 cm³/mol. The predicted octanol–water partition coefficient (Wildman–Crippen LogP) is 4.29. The van der Waals surface area contributed by atoms with Crippen molar-refractivity contribution in [1.82, 2.24) is 4.98 Å². The molecule has 86 valence electrons. The first kappa shape index (κ1) is 11.4. The van der Waals surface area contributed by atoms with E-state index in [1.54, 1.807) is 11.3 Å². The Morgan fingerprint density at radius 3 is 3.00 bits per heavy atom. The van der Waals surface area contributed by atoms with Gasteiger partial charge in [-0.25, -0.2) is 4.98 Å². The molecule has 0 aliphatic heterocycles. The van der Waals surface area contributed by atoms with Crippen molar-refractivity contribution in [2.45, 2.75) is 39.2 Å². The van der Waals surface area contributed by atoms with Gasteiger partial charge in [-0.2, -0.15) is 0 Å². The lowest BCUT2D eigenvalue weighted by atomic mass is 10.1. The van der Waals surface area contributed by atoms with Crippen LogP contribution in [0.4, 0.5) is 5.69 Å². The average molecular weight is 234 g/mol. The lowest BCUT2D eigenvalue weighted by molar-refractivity contribution is 0.623. The summed E-state index contributed by atoms with van der Waals surface area (Å²) in [7, 11) is 0. The third-order valence-corrected chi connectivity index (χ3v) is 3.62. The van der Waals surface area contributed by atoms with E-state index in [0.29, 0.717) is 6.04 Å². The molecule has 0 bridgehead atoms. The smallest absolute Gasteiger partial charge is 0.0813 e. The summed E-state index contributed by atoms with van der Waals surface area (Å²) in [6, 6.07) is 7.01. The second-order valence-electron chi connectivity index (χ2n) is 4.07. The van der Waals surface area contributed by atoms with Gasteiger partial charge in [0.2, 0.25) is 0 Å². The molecule has 0 amide bonds. The van der Waals surface area contributed by atoms with Gasteiger partial charge in [-0.3, -0.25) is 0 Å². The fourth-order valence-electron chi connectivity index (χ4n) is 1.91. The Bertz CT molecular complexity index is 450. The van der Waals surface area contributed by atoms with E-state index in [4.69, 9.17) is 0 Å². The van der Waals surface area contributed by atoms with Crippen LogP contribution in [0.5, 0.6) is 0 Å². The molecule has 2 aromatic rings. The second-order valence-corrected chi connectivity index (χ2v) is 4.96. The normalized spacial score (nSPS) is 12.9. The number of rotatable bonds is 5. The minimum absolute atomic E-state index is 0.593. The van der Waals surface area contributed by atoms with E-state index in [-0.39, 0.29) is 0 Å². The molecule has 1 unspecified atom stereocenters. The summed E-state index contributed by atoms with van der Waals surface area (Å²) in [5.41, 5.74) is 4.22. The van der Waals surface area contributed by atoms with Gasteiger partial charge < -0.3 is 5.32 Å². The topological polar surface area (TPSA) is 24.9 Å². The quantitative estimate of drug-likeness (QED) is 0.835. The van der Waals surface area contributed by atoms with Crippen LogP contribution in [0.25, 0.3) is 10.2 Å². The van der Waals surface area contributed by atoms with E-state index in [2.05, 4.69) is 42.3 Å². The molecule has 16 heavy (non-hydrogen) atoms. The van der Waals surface area contributed by atoms with E-state index in [0.717, 1.165) is 5.52 Å². The van der Waals surface area contributed by atoms with Crippen LogP contribution in [0.2, 0.25) is 0 Å². The summed E-state index contributed by atoms with van der Waals surface area (Å²) in [6.07, 6.45) is 3.64. The summed E-state index contributed by atoms with van der Waals surface area (Å²) < 4.78 is 1.26. The zero-order valence-corrected chi connectivity index (χ0v) is 10.7.